The minimum absolute atomic E-state index is 0.157. The number of hydrogen-bond donors (Lipinski definition) is 0. The minimum atomic E-state index is -0.157. The number of hydrogen-bond acceptors (Lipinski definition) is 4. The molecule has 1 aliphatic rings. The second-order valence-electron chi connectivity index (χ2n) is 7.90. The number of aryl methyl sites for hydroxylation is 1. The van der Waals surface area contributed by atoms with Crippen LogP contribution in [0.3, 0.4) is 0 Å². The highest BCUT2D eigenvalue weighted by atomic mass is 127. The minimum Gasteiger partial charge on any atom is -0.472 e. The molecule has 5 nitrogen and oxygen atoms in total. The highest BCUT2D eigenvalue weighted by Gasteiger charge is 2.31. The summed E-state index contributed by atoms with van der Waals surface area (Å²) < 4.78 is 12.7. The first kappa shape index (κ1) is 22.5. The highest BCUT2D eigenvalue weighted by molar-refractivity contribution is 14.1. The average molecular weight is 593 g/mol. The molecule has 0 atom stereocenters. The molecule has 168 valence electrons. The van der Waals surface area contributed by atoms with Gasteiger partial charge in [0.15, 0.2) is 0 Å². The molecule has 4 aromatic rings. The quantitative estimate of drug-likeness (QED) is 0.188. The van der Waals surface area contributed by atoms with Gasteiger partial charge in [0.2, 0.25) is 5.88 Å². The van der Waals surface area contributed by atoms with Crippen molar-refractivity contribution in [2.24, 2.45) is 0 Å². The van der Waals surface area contributed by atoms with Gasteiger partial charge in [-0.2, -0.15) is 0 Å². The standard InChI is InChI=1S/C25H19Cl2IN2O3/c1-14-16-8-10-32-23(16)18(24(29-14)33-13-15-5-3-2-4-6-15)12-30-9-7-17-19(26)11-20(28)22(27)21(17)25(30)31/h2-6,8,10-11H,7,9,12-13H2,1H3. The maximum Gasteiger partial charge on any atom is 0.256 e. The van der Waals surface area contributed by atoms with Gasteiger partial charge in [0.25, 0.3) is 5.91 Å². The van der Waals surface area contributed by atoms with Crippen LogP contribution in [0.1, 0.15) is 32.7 Å². The maximum absolute atomic E-state index is 13.5. The third-order valence-corrected chi connectivity index (χ3v) is 7.73. The molecule has 2 aromatic carbocycles. The molecule has 1 aliphatic heterocycles. The molecule has 0 aliphatic carbocycles. The van der Waals surface area contributed by atoms with Gasteiger partial charge < -0.3 is 14.1 Å². The zero-order valence-corrected chi connectivity index (χ0v) is 21.4. The summed E-state index contributed by atoms with van der Waals surface area (Å²) in [7, 11) is 0. The van der Waals surface area contributed by atoms with Gasteiger partial charge in [-0.15, -0.1) is 0 Å². The topological polar surface area (TPSA) is 55.6 Å². The van der Waals surface area contributed by atoms with E-state index in [4.69, 9.17) is 37.3 Å². The predicted octanol–water partition coefficient (Wildman–Crippen LogP) is 6.83. The number of nitrogens with zero attached hydrogens (tertiary/aromatic N) is 2. The lowest BCUT2D eigenvalue weighted by Gasteiger charge is -2.30. The number of pyridine rings is 1. The lowest BCUT2D eigenvalue weighted by Crippen LogP contribution is -2.37. The zero-order valence-electron chi connectivity index (χ0n) is 17.7. The van der Waals surface area contributed by atoms with E-state index in [9.17, 15) is 4.79 Å². The summed E-state index contributed by atoms with van der Waals surface area (Å²) in [5, 5.41) is 1.91. The van der Waals surface area contributed by atoms with Gasteiger partial charge in [-0.05, 0) is 59.2 Å². The fraction of sp³-hybridized carbons (Fsp3) is 0.200. The molecule has 2 aromatic heterocycles. The summed E-state index contributed by atoms with van der Waals surface area (Å²) in [6.45, 7) is 3.09. The molecule has 0 fully saturated rings. The van der Waals surface area contributed by atoms with Gasteiger partial charge in [-0.25, -0.2) is 4.98 Å². The number of furan rings is 1. The van der Waals surface area contributed by atoms with Crippen molar-refractivity contribution in [1.82, 2.24) is 9.88 Å². The molecular formula is C25H19Cl2IN2O3. The third-order valence-electron chi connectivity index (χ3n) is 5.83. The van der Waals surface area contributed by atoms with E-state index in [0.29, 0.717) is 53.2 Å². The molecule has 0 radical (unpaired) electrons. The monoisotopic (exact) mass is 592 g/mol. The Hall–Kier alpha value is -2.29. The SMILES string of the molecule is Cc1nc(OCc2ccccc2)c(CN2CCc3c(Cl)cc(I)c(Cl)c3C2=O)c2occc12. The van der Waals surface area contributed by atoms with Gasteiger partial charge in [-0.1, -0.05) is 53.5 Å². The first-order chi connectivity index (χ1) is 15.9. The Morgan fingerprint density at radius 3 is 2.79 bits per heavy atom. The van der Waals surface area contributed by atoms with Crippen molar-refractivity contribution in [3.8, 4) is 5.88 Å². The van der Waals surface area contributed by atoms with E-state index in [1.807, 2.05) is 43.3 Å². The molecule has 5 rings (SSSR count). The summed E-state index contributed by atoms with van der Waals surface area (Å²) in [4.78, 5) is 19.9. The molecule has 33 heavy (non-hydrogen) atoms. The van der Waals surface area contributed by atoms with Crippen molar-refractivity contribution in [3.05, 3.63) is 90.3 Å². The summed E-state index contributed by atoms with van der Waals surface area (Å²) in [5.74, 6) is 0.306. The van der Waals surface area contributed by atoms with E-state index >= 15 is 0 Å². The van der Waals surface area contributed by atoms with Crippen LogP contribution in [0.4, 0.5) is 0 Å². The lowest BCUT2D eigenvalue weighted by molar-refractivity contribution is 0.0725. The Morgan fingerprint density at radius 2 is 2.00 bits per heavy atom. The Morgan fingerprint density at radius 1 is 1.21 bits per heavy atom. The number of aromatic nitrogens is 1. The first-order valence-electron chi connectivity index (χ1n) is 10.4. The van der Waals surface area contributed by atoms with Crippen LogP contribution in [0.2, 0.25) is 10.0 Å². The summed E-state index contributed by atoms with van der Waals surface area (Å²) >= 11 is 15.0. The van der Waals surface area contributed by atoms with E-state index in [1.165, 1.54) is 0 Å². The van der Waals surface area contributed by atoms with Crippen molar-refractivity contribution in [2.45, 2.75) is 26.5 Å². The van der Waals surface area contributed by atoms with E-state index in [0.717, 1.165) is 31.3 Å². The molecule has 0 unspecified atom stereocenters. The molecule has 0 bridgehead atoms. The summed E-state index contributed by atoms with van der Waals surface area (Å²) in [5.41, 5.74) is 4.53. The molecule has 0 spiro atoms. The smallest absolute Gasteiger partial charge is 0.256 e. The van der Waals surface area contributed by atoms with Crippen molar-refractivity contribution < 1.29 is 13.9 Å². The van der Waals surface area contributed by atoms with Crippen LogP contribution in [0.5, 0.6) is 5.88 Å². The molecule has 0 saturated carbocycles. The second kappa shape index (κ2) is 9.16. The lowest BCUT2D eigenvalue weighted by atomic mass is 9.98. The van der Waals surface area contributed by atoms with Crippen LogP contribution >= 0.6 is 45.8 Å². The van der Waals surface area contributed by atoms with Gasteiger partial charge in [0.05, 0.1) is 34.7 Å². The van der Waals surface area contributed by atoms with E-state index < -0.39 is 0 Å². The number of halogens is 3. The fourth-order valence-corrected chi connectivity index (χ4v) is 5.45. The number of ether oxygens (including phenoxy) is 1. The highest BCUT2D eigenvalue weighted by Crippen LogP contribution is 2.37. The molecule has 1 amide bonds. The maximum atomic E-state index is 13.5. The van der Waals surface area contributed by atoms with Crippen molar-refractivity contribution in [1.29, 1.82) is 0 Å². The number of benzene rings is 2. The summed E-state index contributed by atoms with van der Waals surface area (Å²) in [6, 6.07) is 13.6. The third kappa shape index (κ3) is 4.20. The molecule has 3 heterocycles. The van der Waals surface area contributed by atoms with Gasteiger partial charge >= 0.3 is 0 Å². The van der Waals surface area contributed by atoms with Crippen LogP contribution in [-0.4, -0.2) is 22.3 Å². The van der Waals surface area contributed by atoms with E-state index in [1.54, 1.807) is 17.2 Å². The fourth-order valence-electron chi connectivity index (χ4n) is 4.14. The molecule has 0 N–H and O–H groups in total. The normalized spacial score (nSPS) is 13.5. The van der Waals surface area contributed by atoms with Crippen LogP contribution in [0.15, 0.2) is 53.1 Å². The van der Waals surface area contributed by atoms with Crippen LogP contribution < -0.4 is 4.74 Å². The Balaban J connectivity index is 1.51. The second-order valence-corrected chi connectivity index (χ2v) is 9.85. The number of fused-ring (bicyclic) bond motifs is 2. The Kier molecular flexibility index (Phi) is 6.24. The predicted molar refractivity (Wildman–Crippen MR) is 137 cm³/mol. The molecule has 8 heteroatoms. The van der Waals surface area contributed by atoms with Gasteiger partial charge in [0, 0.05) is 20.5 Å². The zero-order chi connectivity index (χ0) is 23.1. The van der Waals surface area contributed by atoms with Crippen molar-refractivity contribution in [3.63, 3.8) is 0 Å². The number of carbonyl (C=O) groups excluding carboxylic acids is 1. The number of rotatable bonds is 5. The Bertz CT molecular complexity index is 1370. The van der Waals surface area contributed by atoms with Gasteiger partial charge in [-0.3, -0.25) is 4.79 Å². The number of carbonyl (C=O) groups is 1. The van der Waals surface area contributed by atoms with Crippen molar-refractivity contribution >= 4 is 62.7 Å². The molecular weight excluding hydrogens is 574 g/mol. The Labute approximate surface area is 214 Å². The first-order valence-corrected chi connectivity index (χ1v) is 12.3. The van der Waals surface area contributed by atoms with Gasteiger partial charge in [0.1, 0.15) is 12.2 Å². The molecule has 0 saturated heterocycles. The van der Waals surface area contributed by atoms with E-state index in [2.05, 4.69) is 22.6 Å². The number of amides is 1. The van der Waals surface area contributed by atoms with Crippen LogP contribution in [-0.2, 0) is 19.6 Å². The summed E-state index contributed by atoms with van der Waals surface area (Å²) in [6.07, 6.45) is 2.26. The van der Waals surface area contributed by atoms with Crippen molar-refractivity contribution in [2.75, 3.05) is 6.54 Å². The average Bonchev–Trinajstić information content (AvgIpc) is 3.30. The van der Waals surface area contributed by atoms with E-state index in [-0.39, 0.29) is 5.91 Å². The van der Waals surface area contributed by atoms with Crippen LogP contribution in [0.25, 0.3) is 11.0 Å². The van der Waals surface area contributed by atoms with Crippen LogP contribution in [0, 0.1) is 10.5 Å². The largest absolute Gasteiger partial charge is 0.472 e.